The van der Waals surface area contributed by atoms with Gasteiger partial charge in [-0.2, -0.15) is 10.4 Å². The maximum absolute atomic E-state index is 11.8. The van der Waals surface area contributed by atoms with Crippen LogP contribution in [-0.2, 0) is 6.54 Å². The highest BCUT2D eigenvalue weighted by Crippen LogP contribution is 2.18. The number of nitrogens with one attached hydrogen (secondary N) is 2. The lowest BCUT2D eigenvalue weighted by molar-refractivity contribution is 0.251. The molecule has 1 atom stereocenters. The molecule has 2 aromatic rings. The van der Waals surface area contributed by atoms with E-state index in [1.807, 2.05) is 19.2 Å². The van der Waals surface area contributed by atoms with Gasteiger partial charge in [0.05, 0.1) is 24.0 Å². The van der Waals surface area contributed by atoms with E-state index in [0.717, 1.165) is 10.7 Å². The van der Waals surface area contributed by atoms with E-state index in [9.17, 15) is 4.79 Å². The van der Waals surface area contributed by atoms with Gasteiger partial charge in [-0.25, -0.2) is 9.78 Å². The van der Waals surface area contributed by atoms with Gasteiger partial charge in [0.2, 0.25) is 0 Å². The number of hydrogen-bond donors (Lipinski definition) is 2. The summed E-state index contributed by atoms with van der Waals surface area (Å²) in [5.74, 6) is 0.630. The second-order valence-corrected chi connectivity index (χ2v) is 5.83. The van der Waals surface area contributed by atoms with Gasteiger partial charge >= 0.3 is 6.03 Å². The number of aryl methyl sites for hydroxylation is 2. The van der Waals surface area contributed by atoms with Crippen molar-refractivity contribution in [2.24, 2.45) is 0 Å². The Kier molecular flexibility index (Phi) is 5.49. The minimum atomic E-state index is -0.300. The van der Waals surface area contributed by atoms with E-state index in [2.05, 4.69) is 26.8 Å². The molecule has 0 aliphatic carbocycles. The molecule has 0 aromatic carbocycles. The minimum absolute atomic E-state index is 0.164. The zero-order valence-electron chi connectivity index (χ0n) is 12.5. The fraction of sp³-hybridized carbons (Fsp3) is 0.429. The van der Waals surface area contributed by atoms with Crippen molar-refractivity contribution in [3.8, 4) is 6.07 Å². The molecule has 0 saturated heterocycles. The molecule has 116 valence electrons. The van der Waals surface area contributed by atoms with Gasteiger partial charge in [0.1, 0.15) is 0 Å². The number of hydrogen-bond acceptors (Lipinski definition) is 5. The lowest BCUT2D eigenvalue weighted by Gasteiger charge is -2.10. The third-order valence-electron chi connectivity index (χ3n) is 2.96. The van der Waals surface area contributed by atoms with Gasteiger partial charge in [-0.1, -0.05) is 6.92 Å². The fourth-order valence-corrected chi connectivity index (χ4v) is 2.67. The van der Waals surface area contributed by atoms with Crippen LogP contribution in [0, 0.1) is 18.3 Å². The topological polar surface area (TPSA) is 95.6 Å². The summed E-state index contributed by atoms with van der Waals surface area (Å²) in [6.07, 6.45) is 2.12. The summed E-state index contributed by atoms with van der Waals surface area (Å²) in [6.45, 7) is 5.00. The Morgan fingerprint density at radius 1 is 1.59 bits per heavy atom. The molecule has 7 nitrogen and oxygen atoms in total. The highest BCUT2D eigenvalue weighted by molar-refractivity contribution is 7.09. The summed E-state index contributed by atoms with van der Waals surface area (Å²) in [4.78, 5) is 16.2. The number of nitrogens with zero attached hydrogens (tertiary/aromatic N) is 4. The number of nitriles is 1. The molecule has 8 heteroatoms. The molecule has 0 spiro atoms. The molecule has 0 radical (unpaired) electrons. The second kappa shape index (κ2) is 7.56. The minimum Gasteiger partial charge on any atom is -0.337 e. The van der Waals surface area contributed by atoms with Crippen molar-refractivity contribution in [3.05, 3.63) is 28.3 Å². The standard InChI is InChI=1S/C14H18N6OS/c1-10(13-17-11(2)9-22-13)8-16-14(21)18-12-4-7-20(19-12)6-3-5-15/h4,7,9-10H,3,6,8H2,1-2H3,(H2,16,18,19,21). The number of carbonyl (C=O) groups is 1. The highest BCUT2D eigenvalue weighted by Gasteiger charge is 2.11. The van der Waals surface area contributed by atoms with Crippen molar-refractivity contribution < 1.29 is 4.79 Å². The van der Waals surface area contributed by atoms with E-state index in [4.69, 9.17) is 5.26 Å². The van der Waals surface area contributed by atoms with E-state index in [1.54, 1.807) is 28.3 Å². The van der Waals surface area contributed by atoms with Gasteiger partial charge in [-0.15, -0.1) is 11.3 Å². The Hall–Kier alpha value is -2.40. The molecule has 2 amide bonds. The molecule has 1 unspecified atom stereocenters. The number of thiazole rings is 1. The lowest BCUT2D eigenvalue weighted by Crippen LogP contribution is -2.31. The van der Waals surface area contributed by atoms with E-state index < -0.39 is 0 Å². The van der Waals surface area contributed by atoms with Gasteiger partial charge < -0.3 is 5.32 Å². The van der Waals surface area contributed by atoms with Crippen molar-refractivity contribution in [2.45, 2.75) is 32.7 Å². The van der Waals surface area contributed by atoms with Crippen molar-refractivity contribution in [1.82, 2.24) is 20.1 Å². The SMILES string of the molecule is Cc1csc(C(C)CNC(=O)Nc2ccn(CCC#N)n2)n1. The highest BCUT2D eigenvalue weighted by atomic mass is 32.1. The lowest BCUT2D eigenvalue weighted by atomic mass is 10.2. The first-order valence-electron chi connectivity index (χ1n) is 6.95. The van der Waals surface area contributed by atoms with E-state index in [0.29, 0.717) is 25.3 Å². The van der Waals surface area contributed by atoms with Crippen LogP contribution in [-0.4, -0.2) is 27.3 Å². The van der Waals surface area contributed by atoms with Crippen LogP contribution < -0.4 is 10.6 Å². The van der Waals surface area contributed by atoms with Gasteiger partial charge in [0, 0.05) is 35.8 Å². The summed E-state index contributed by atoms with van der Waals surface area (Å²) in [6, 6.07) is 3.45. The summed E-state index contributed by atoms with van der Waals surface area (Å²) in [7, 11) is 0. The summed E-state index contributed by atoms with van der Waals surface area (Å²) in [5.41, 5.74) is 0.999. The van der Waals surface area contributed by atoms with Crippen molar-refractivity contribution in [1.29, 1.82) is 5.26 Å². The normalized spacial score (nSPS) is 11.7. The maximum atomic E-state index is 11.8. The zero-order valence-corrected chi connectivity index (χ0v) is 13.4. The van der Waals surface area contributed by atoms with E-state index in [-0.39, 0.29) is 11.9 Å². The molecule has 2 rings (SSSR count). The number of anilines is 1. The molecule has 0 fully saturated rings. The first-order chi connectivity index (χ1) is 10.6. The van der Waals surface area contributed by atoms with Crippen LogP contribution in [0.2, 0.25) is 0 Å². The molecule has 0 aliphatic rings. The predicted molar refractivity (Wildman–Crippen MR) is 84.7 cm³/mol. The Labute approximate surface area is 133 Å². The molecular formula is C14H18N6OS. The Balaban J connectivity index is 1.78. The molecular weight excluding hydrogens is 300 g/mol. The molecule has 2 heterocycles. The molecule has 2 N–H and O–H groups in total. The predicted octanol–water partition coefficient (Wildman–Crippen LogP) is 2.49. The van der Waals surface area contributed by atoms with Gasteiger partial charge in [-0.3, -0.25) is 10.00 Å². The van der Waals surface area contributed by atoms with E-state index in [1.165, 1.54) is 0 Å². The van der Waals surface area contributed by atoms with Crippen LogP contribution in [0.4, 0.5) is 10.6 Å². The van der Waals surface area contributed by atoms with Crippen LogP contribution in [0.15, 0.2) is 17.6 Å². The molecule has 0 bridgehead atoms. The molecule has 2 aromatic heterocycles. The summed E-state index contributed by atoms with van der Waals surface area (Å²) in [5, 5.41) is 21.2. The third-order valence-corrected chi connectivity index (χ3v) is 4.16. The first kappa shape index (κ1) is 16.0. The number of rotatable bonds is 6. The van der Waals surface area contributed by atoms with Crippen molar-refractivity contribution in [3.63, 3.8) is 0 Å². The molecule has 22 heavy (non-hydrogen) atoms. The smallest absolute Gasteiger partial charge is 0.320 e. The van der Waals surface area contributed by atoms with Gasteiger partial charge in [-0.05, 0) is 6.92 Å². The number of carbonyl (C=O) groups excluding carboxylic acids is 1. The van der Waals surface area contributed by atoms with Crippen LogP contribution in [0.5, 0.6) is 0 Å². The zero-order chi connectivity index (χ0) is 15.9. The van der Waals surface area contributed by atoms with Gasteiger partial charge in [0.15, 0.2) is 5.82 Å². The Morgan fingerprint density at radius 2 is 2.41 bits per heavy atom. The van der Waals surface area contributed by atoms with Crippen LogP contribution >= 0.6 is 11.3 Å². The van der Waals surface area contributed by atoms with Crippen LogP contribution in [0.1, 0.15) is 30.0 Å². The average molecular weight is 318 g/mol. The largest absolute Gasteiger partial charge is 0.337 e. The number of aromatic nitrogens is 3. The third kappa shape index (κ3) is 4.56. The average Bonchev–Trinajstić information content (AvgIpc) is 3.11. The maximum Gasteiger partial charge on any atom is 0.320 e. The first-order valence-corrected chi connectivity index (χ1v) is 7.83. The fourth-order valence-electron chi connectivity index (χ4n) is 1.81. The van der Waals surface area contributed by atoms with Crippen molar-refractivity contribution in [2.75, 3.05) is 11.9 Å². The van der Waals surface area contributed by atoms with Crippen molar-refractivity contribution >= 4 is 23.2 Å². The Morgan fingerprint density at radius 3 is 3.09 bits per heavy atom. The Bertz CT molecular complexity index is 671. The van der Waals surface area contributed by atoms with E-state index >= 15 is 0 Å². The van der Waals surface area contributed by atoms with Crippen LogP contribution in [0.3, 0.4) is 0 Å². The number of amides is 2. The second-order valence-electron chi connectivity index (χ2n) is 4.94. The quantitative estimate of drug-likeness (QED) is 0.855. The van der Waals surface area contributed by atoms with Gasteiger partial charge in [0.25, 0.3) is 0 Å². The number of urea groups is 1. The van der Waals surface area contributed by atoms with Crippen LogP contribution in [0.25, 0.3) is 0 Å². The molecule has 0 saturated carbocycles. The summed E-state index contributed by atoms with van der Waals surface area (Å²) >= 11 is 1.60. The monoisotopic (exact) mass is 318 g/mol. The molecule has 0 aliphatic heterocycles. The summed E-state index contributed by atoms with van der Waals surface area (Å²) < 4.78 is 1.62.